The van der Waals surface area contributed by atoms with E-state index in [2.05, 4.69) is 31.6 Å². The fraction of sp³-hybridized carbons (Fsp3) is 0.875. The molecule has 0 aliphatic carbocycles. The number of nitrogens with two attached hydrogens (primary N) is 1. The molecular formula is C16H34N4O2. The maximum Gasteiger partial charge on any atom is 0.140 e. The van der Waals surface area contributed by atoms with E-state index in [1.54, 1.807) is 5.12 Å². The number of carbonyl (C=O) groups excluding carboxylic acids is 2. The highest BCUT2D eigenvalue weighted by Gasteiger charge is 2.21. The van der Waals surface area contributed by atoms with Gasteiger partial charge in [0.05, 0.1) is 12.1 Å². The van der Waals surface area contributed by atoms with E-state index in [1.165, 1.54) is 0 Å². The van der Waals surface area contributed by atoms with E-state index in [9.17, 15) is 9.59 Å². The number of nitrogens with zero attached hydrogens (tertiary/aromatic N) is 1. The first-order valence-corrected chi connectivity index (χ1v) is 8.48. The summed E-state index contributed by atoms with van der Waals surface area (Å²) in [6.07, 6.45) is 7.19. The summed E-state index contributed by atoms with van der Waals surface area (Å²) in [5, 5.41) is 1.73. The number of unbranched alkanes of at least 4 members (excludes halogenated alkanes) is 2. The molecule has 0 aromatic rings. The molecule has 0 radical (unpaired) electrons. The molecule has 0 unspecified atom stereocenters. The summed E-state index contributed by atoms with van der Waals surface area (Å²) < 4.78 is 0. The van der Waals surface area contributed by atoms with E-state index < -0.39 is 0 Å². The number of aldehydes is 2. The van der Waals surface area contributed by atoms with Crippen molar-refractivity contribution in [3.8, 4) is 0 Å². The zero-order chi connectivity index (χ0) is 16.8. The number of hydrogen-bond donors (Lipinski definition) is 3. The van der Waals surface area contributed by atoms with Crippen LogP contribution in [0.15, 0.2) is 0 Å². The summed E-state index contributed by atoms with van der Waals surface area (Å²) in [6.45, 7) is 7.69. The van der Waals surface area contributed by atoms with Crippen molar-refractivity contribution < 1.29 is 9.59 Å². The van der Waals surface area contributed by atoms with E-state index in [-0.39, 0.29) is 12.1 Å². The normalized spacial score (nSPS) is 14.3. The van der Waals surface area contributed by atoms with Crippen LogP contribution in [0, 0.1) is 5.92 Å². The summed E-state index contributed by atoms with van der Waals surface area (Å²) in [4.78, 5) is 22.7. The van der Waals surface area contributed by atoms with Gasteiger partial charge in [-0.15, -0.1) is 0 Å². The van der Waals surface area contributed by atoms with Crippen LogP contribution < -0.4 is 16.6 Å². The van der Waals surface area contributed by atoms with Crippen molar-refractivity contribution in [3.63, 3.8) is 0 Å². The van der Waals surface area contributed by atoms with Crippen molar-refractivity contribution in [2.75, 3.05) is 13.1 Å². The summed E-state index contributed by atoms with van der Waals surface area (Å²) >= 11 is 0. The van der Waals surface area contributed by atoms with Crippen molar-refractivity contribution in [2.45, 2.75) is 71.4 Å². The fourth-order valence-corrected chi connectivity index (χ4v) is 2.19. The third kappa shape index (κ3) is 10.00. The van der Waals surface area contributed by atoms with Crippen LogP contribution in [0.4, 0.5) is 0 Å². The molecule has 0 saturated carbocycles. The Bertz CT molecular complexity index is 287. The number of hydrazine groups is 2. The molecule has 6 nitrogen and oxygen atoms in total. The second-order valence-electron chi connectivity index (χ2n) is 6.12. The Labute approximate surface area is 135 Å². The van der Waals surface area contributed by atoms with Crippen LogP contribution in [-0.4, -0.2) is 42.9 Å². The monoisotopic (exact) mass is 314 g/mol. The molecule has 0 aliphatic rings. The maximum absolute atomic E-state index is 11.4. The summed E-state index contributed by atoms with van der Waals surface area (Å²) in [6, 6.07) is -0.580. The Morgan fingerprint density at radius 1 is 1.14 bits per heavy atom. The third-order valence-electron chi connectivity index (χ3n) is 3.45. The number of rotatable bonds is 15. The Balaban J connectivity index is 4.64. The van der Waals surface area contributed by atoms with E-state index in [0.717, 1.165) is 57.6 Å². The van der Waals surface area contributed by atoms with Gasteiger partial charge in [0.15, 0.2) is 0 Å². The lowest BCUT2D eigenvalue weighted by Crippen LogP contribution is -2.58. The second kappa shape index (κ2) is 13.8. The van der Waals surface area contributed by atoms with Gasteiger partial charge in [-0.05, 0) is 38.1 Å². The van der Waals surface area contributed by atoms with Crippen LogP contribution in [0.5, 0.6) is 0 Å². The maximum atomic E-state index is 11.4. The molecule has 0 bridgehead atoms. The highest BCUT2D eigenvalue weighted by atomic mass is 16.1. The fourth-order valence-electron chi connectivity index (χ4n) is 2.19. The average Bonchev–Trinajstić information content (AvgIpc) is 2.50. The predicted octanol–water partition coefficient (Wildman–Crippen LogP) is 1.41. The molecule has 0 aromatic heterocycles. The van der Waals surface area contributed by atoms with Gasteiger partial charge in [0, 0.05) is 6.54 Å². The Kier molecular flexibility index (Phi) is 13.3. The molecule has 0 aromatic carbocycles. The summed E-state index contributed by atoms with van der Waals surface area (Å²) in [7, 11) is 0. The first-order valence-electron chi connectivity index (χ1n) is 8.48. The van der Waals surface area contributed by atoms with Crippen LogP contribution in [0.2, 0.25) is 0 Å². The van der Waals surface area contributed by atoms with Gasteiger partial charge in [-0.25, -0.2) is 10.9 Å². The van der Waals surface area contributed by atoms with Crippen LogP contribution in [0.3, 0.4) is 0 Å². The van der Waals surface area contributed by atoms with Gasteiger partial charge >= 0.3 is 0 Å². The molecule has 2 atom stereocenters. The first kappa shape index (κ1) is 21.2. The van der Waals surface area contributed by atoms with E-state index in [4.69, 9.17) is 5.73 Å². The lowest BCUT2D eigenvalue weighted by atomic mass is 10.1. The first-order chi connectivity index (χ1) is 10.6. The molecule has 0 fully saturated rings. The molecule has 22 heavy (non-hydrogen) atoms. The molecule has 0 saturated heterocycles. The lowest BCUT2D eigenvalue weighted by molar-refractivity contribution is -0.120. The number of hydrogen-bond acceptors (Lipinski definition) is 6. The quantitative estimate of drug-likeness (QED) is 0.241. The van der Waals surface area contributed by atoms with Crippen molar-refractivity contribution in [2.24, 2.45) is 11.7 Å². The van der Waals surface area contributed by atoms with Crippen molar-refractivity contribution in [3.05, 3.63) is 0 Å². The zero-order valence-corrected chi connectivity index (χ0v) is 14.4. The van der Waals surface area contributed by atoms with Crippen molar-refractivity contribution >= 4 is 12.6 Å². The average molecular weight is 314 g/mol. The Morgan fingerprint density at radius 3 is 2.36 bits per heavy atom. The largest absolute Gasteiger partial charge is 0.330 e. The van der Waals surface area contributed by atoms with Crippen LogP contribution in [-0.2, 0) is 9.59 Å². The molecule has 4 N–H and O–H groups in total. The topological polar surface area (TPSA) is 87.5 Å². The third-order valence-corrected chi connectivity index (χ3v) is 3.45. The highest BCUT2D eigenvalue weighted by molar-refractivity contribution is 5.59. The van der Waals surface area contributed by atoms with Crippen LogP contribution >= 0.6 is 0 Å². The van der Waals surface area contributed by atoms with Gasteiger partial charge in [0.25, 0.3) is 0 Å². The van der Waals surface area contributed by atoms with Crippen LogP contribution in [0.1, 0.15) is 59.3 Å². The Morgan fingerprint density at radius 2 is 1.86 bits per heavy atom. The molecule has 0 amide bonds. The van der Waals surface area contributed by atoms with Crippen LogP contribution in [0.25, 0.3) is 0 Å². The second-order valence-corrected chi connectivity index (χ2v) is 6.12. The molecule has 0 aliphatic heterocycles. The van der Waals surface area contributed by atoms with E-state index in [0.29, 0.717) is 12.5 Å². The van der Waals surface area contributed by atoms with Gasteiger partial charge in [-0.2, -0.15) is 5.12 Å². The van der Waals surface area contributed by atoms with E-state index in [1.807, 2.05) is 0 Å². The molecule has 0 spiro atoms. The van der Waals surface area contributed by atoms with Gasteiger partial charge in [0.1, 0.15) is 12.6 Å². The molecular weight excluding hydrogens is 280 g/mol. The van der Waals surface area contributed by atoms with Gasteiger partial charge in [-0.1, -0.05) is 33.6 Å². The van der Waals surface area contributed by atoms with Gasteiger partial charge in [-0.3, -0.25) is 0 Å². The molecule has 6 heteroatoms. The van der Waals surface area contributed by atoms with E-state index >= 15 is 0 Å². The zero-order valence-electron chi connectivity index (χ0n) is 14.4. The molecule has 130 valence electrons. The standard InChI is InChI=1S/C16H34N4O2/c1-4-5-10-18-20(16(13-22)11-14(2)3)19-15(12-21)8-6-7-9-17/h12-16,18-19H,4-11,17H2,1-3H3/t15-,16-/m0/s1. The Hall–Kier alpha value is -0.820. The lowest BCUT2D eigenvalue weighted by Gasteiger charge is -2.32. The highest BCUT2D eigenvalue weighted by Crippen LogP contribution is 2.08. The molecule has 0 heterocycles. The SMILES string of the molecule is CCCCNN(N[C@H](C=O)CCCCN)[C@H](C=O)CC(C)C. The minimum atomic E-state index is -0.296. The van der Waals surface area contributed by atoms with Gasteiger partial charge in [0.2, 0.25) is 0 Å². The van der Waals surface area contributed by atoms with Crippen molar-refractivity contribution in [1.82, 2.24) is 16.0 Å². The number of carbonyl (C=O) groups is 2. The smallest absolute Gasteiger partial charge is 0.140 e. The van der Waals surface area contributed by atoms with Gasteiger partial charge < -0.3 is 15.3 Å². The minimum absolute atomic E-state index is 0.284. The minimum Gasteiger partial charge on any atom is -0.330 e. The summed E-state index contributed by atoms with van der Waals surface area (Å²) in [5.74, 6) is 0.402. The number of nitrogens with one attached hydrogen (secondary N) is 2. The molecule has 0 rings (SSSR count). The summed E-state index contributed by atoms with van der Waals surface area (Å²) in [5.41, 5.74) is 11.9. The predicted molar refractivity (Wildman–Crippen MR) is 89.9 cm³/mol. The van der Waals surface area contributed by atoms with Crippen molar-refractivity contribution in [1.29, 1.82) is 0 Å².